The largest absolute Gasteiger partial charge is 0.416 e. The molecule has 0 fully saturated rings. The van der Waals surface area contributed by atoms with E-state index < -0.39 is 11.7 Å². The molecule has 2 rings (SSSR count). The number of benzene rings is 1. The first-order valence-electron chi connectivity index (χ1n) is 6.54. The molecule has 4 nitrogen and oxygen atoms in total. The third kappa shape index (κ3) is 3.29. The van der Waals surface area contributed by atoms with E-state index in [0.717, 1.165) is 12.1 Å². The molecule has 0 unspecified atom stereocenters. The molecule has 0 saturated heterocycles. The number of carbonyl (C=O) groups excluding carboxylic acids is 1. The summed E-state index contributed by atoms with van der Waals surface area (Å²) in [5, 5.41) is 3.72. The van der Waals surface area contributed by atoms with Gasteiger partial charge in [0.1, 0.15) is 11.3 Å². The second-order valence-electron chi connectivity index (χ2n) is 5.06. The molecule has 0 saturated carbocycles. The maximum atomic E-state index is 12.5. The molecule has 0 N–H and O–H groups in total. The summed E-state index contributed by atoms with van der Waals surface area (Å²) in [5.41, 5.74) is 0.766. The molecule has 7 heteroatoms. The van der Waals surface area contributed by atoms with E-state index in [-0.39, 0.29) is 12.5 Å². The molecule has 0 radical (unpaired) electrons. The lowest BCUT2D eigenvalue weighted by molar-refractivity contribution is -0.137. The van der Waals surface area contributed by atoms with Crippen molar-refractivity contribution < 1.29 is 22.5 Å². The number of rotatable bonds is 3. The lowest BCUT2D eigenvalue weighted by atomic mass is 10.1. The van der Waals surface area contributed by atoms with Crippen molar-refractivity contribution in [3.8, 4) is 0 Å². The monoisotopic (exact) mass is 312 g/mol. The zero-order chi connectivity index (χ0) is 16.5. The Morgan fingerprint density at radius 1 is 1.23 bits per heavy atom. The number of amides is 1. The van der Waals surface area contributed by atoms with Gasteiger partial charge in [0.05, 0.1) is 11.3 Å². The number of hydrogen-bond acceptors (Lipinski definition) is 3. The van der Waals surface area contributed by atoms with E-state index in [0.29, 0.717) is 22.6 Å². The van der Waals surface area contributed by atoms with Gasteiger partial charge in [-0.1, -0.05) is 17.3 Å². The summed E-state index contributed by atoms with van der Waals surface area (Å²) in [6.07, 6.45) is -4.36. The predicted octanol–water partition coefficient (Wildman–Crippen LogP) is 3.58. The van der Waals surface area contributed by atoms with Crippen molar-refractivity contribution in [2.24, 2.45) is 0 Å². The summed E-state index contributed by atoms with van der Waals surface area (Å²) in [6.45, 7) is 3.50. The van der Waals surface area contributed by atoms with E-state index in [1.807, 2.05) is 0 Å². The maximum absolute atomic E-state index is 12.5. The summed E-state index contributed by atoms with van der Waals surface area (Å²) in [5.74, 6) is 0.137. The third-order valence-electron chi connectivity index (χ3n) is 3.29. The molecule has 0 bridgehead atoms. The molecule has 22 heavy (non-hydrogen) atoms. The Balaban J connectivity index is 2.12. The minimum Gasteiger partial charge on any atom is -0.361 e. The Morgan fingerprint density at radius 3 is 2.27 bits per heavy atom. The first kappa shape index (κ1) is 16.1. The van der Waals surface area contributed by atoms with E-state index in [9.17, 15) is 18.0 Å². The number of carbonyl (C=O) groups is 1. The molecule has 1 aromatic carbocycles. The SMILES string of the molecule is Cc1noc(C)c1C(=O)N(C)Cc1ccc(C(F)(F)F)cc1. The molecule has 0 atom stereocenters. The van der Waals surface area contributed by atoms with Gasteiger partial charge >= 0.3 is 6.18 Å². The van der Waals surface area contributed by atoms with Gasteiger partial charge in [0.2, 0.25) is 0 Å². The van der Waals surface area contributed by atoms with E-state index in [2.05, 4.69) is 5.16 Å². The molecule has 1 amide bonds. The van der Waals surface area contributed by atoms with Crippen molar-refractivity contribution in [1.82, 2.24) is 10.1 Å². The van der Waals surface area contributed by atoms with Crippen LogP contribution in [-0.4, -0.2) is 23.0 Å². The number of halogens is 3. The fraction of sp³-hybridized carbons (Fsp3) is 0.333. The highest BCUT2D eigenvalue weighted by Crippen LogP contribution is 2.29. The topological polar surface area (TPSA) is 46.3 Å². The molecule has 1 aromatic heterocycles. The molecule has 1 heterocycles. The maximum Gasteiger partial charge on any atom is 0.416 e. The molecule has 0 spiro atoms. The molecular weight excluding hydrogens is 297 g/mol. The standard InChI is InChI=1S/C15H15F3N2O2/c1-9-13(10(2)22-19-9)14(21)20(3)8-11-4-6-12(7-5-11)15(16,17)18/h4-7H,8H2,1-3H3. The van der Waals surface area contributed by atoms with Crippen LogP contribution in [0.5, 0.6) is 0 Å². The zero-order valence-corrected chi connectivity index (χ0v) is 12.4. The van der Waals surface area contributed by atoms with Crippen molar-refractivity contribution in [2.45, 2.75) is 26.6 Å². The number of aromatic nitrogens is 1. The zero-order valence-electron chi connectivity index (χ0n) is 12.4. The van der Waals surface area contributed by atoms with Crippen LogP contribution in [-0.2, 0) is 12.7 Å². The van der Waals surface area contributed by atoms with Gasteiger partial charge in [-0.2, -0.15) is 13.2 Å². The van der Waals surface area contributed by atoms with Crippen molar-refractivity contribution in [3.05, 3.63) is 52.4 Å². The number of hydrogen-bond donors (Lipinski definition) is 0. The first-order chi connectivity index (χ1) is 10.2. The third-order valence-corrected chi connectivity index (χ3v) is 3.29. The molecule has 118 valence electrons. The second kappa shape index (κ2) is 5.82. The van der Waals surface area contributed by atoms with Crippen LogP contribution in [0, 0.1) is 13.8 Å². The highest BCUT2D eigenvalue weighted by atomic mass is 19.4. The van der Waals surface area contributed by atoms with Gasteiger partial charge in [0, 0.05) is 13.6 Å². The number of nitrogens with zero attached hydrogens (tertiary/aromatic N) is 2. The molecular formula is C15H15F3N2O2. The van der Waals surface area contributed by atoms with E-state index in [1.165, 1.54) is 17.0 Å². The fourth-order valence-electron chi connectivity index (χ4n) is 2.12. The van der Waals surface area contributed by atoms with Crippen LogP contribution in [0.15, 0.2) is 28.8 Å². The summed E-state index contributed by atoms with van der Waals surface area (Å²) >= 11 is 0. The van der Waals surface area contributed by atoms with Gasteiger partial charge in [-0.15, -0.1) is 0 Å². The Morgan fingerprint density at radius 2 is 1.82 bits per heavy atom. The average Bonchev–Trinajstić information content (AvgIpc) is 2.77. The second-order valence-corrected chi connectivity index (χ2v) is 5.06. The molecule has 2 aromatic rings. The fourth-order valence-corrected chi connectivity index (χ4v) is 2.12. The Bertz CT molecular complexity index is 656. The van der Waals surface area contributed by atoms with Gasteiger partial charge in [-0.25, -0.2) is 0 Å². The van der Waals surface area contributed by atoms with Gasteiger partial charge in [0.25, 0.3) is 5.91 Å². The van der Waals surface area contributed by atoms with Crippen molar-refractivity contribution in [3.63, 3.8) is 0 Å². The highest BCUT2D eigenvalue weighted by molar-refractivity contribution is 5.95. The summed E-state index contributed by atoms with van der Waals surface area (Å²) in [6, 6.07) is 4.73. The smallest absolute Gasteiger partial charge is 0.361 e. The van der Waals surface area contributed by atoms with Crippen LogP contribution in [0.2, 0.25) is 0 Å². The van der Waals surface area contributed by atoms with E-state index in [4.69, 9.17) is 4.52 Å². The van der Waals surface area contributed by atoms with Crippen molar-refractivity contribution in [1.29, 1.82) is 0 Å². The number of alkyl halides is 3. The Labute approximate surface area is 125 Å². The van der Waals surface area contributed by atoms with Crippen LogP contribution < -0.4 is 0 Å². The average molecular weight is 312 g/mol. The van der Waals surface area contributed by atoms with Crippen molar-refractivity contribution in [2.75, 3.05) is 7.05 Å². The van der Waals surface area contributed by atoms with Gasteiger partial charge < -0.3 is 9.42 Å². The Hall–Kier alpha value is -2.31. The van der Waals surface area contributed by atoms with Crippen LogP contribution in [0.25, 0.3) is 0 Å². The van der Waals surface area contributed by atoms with Gasteiger partial charge in [0.15, 0.2) is 0 Å². The summed E-state index contributed by atoms with van der Waals surface area (Å²) in [7, 11) is 1.58. The van der Waals surface area contributed by atoms with Gasteiger partial charge in [-0.3, -0.25) is 4.79 Å². The first-order valence-corrected chi connectivity index (χ1v) is 6.54. The normalized spacial score (nSPS) is 11.5. The lowest BCUT2D eigenvalue weighted by Gasteiger charge is -2.17. The highest BCUT2D eigenvalue weighted by Gasteiger charge is 2.30. The van der Waals surface area contributed by atoms with Crippen LogP contribution >= 0.6 is 0 Å². The minimum atomic E-state index is -4.36. The minimum absolute atomic E-state index is 0.195. The molecule has 0 aliphatic rings. The predicted molar refractivity (Wildman–Crippen MR) is 73.2 cm³/mol. The molecule has 0 aliphatic carbocycles. The lowest BCUT2D eigenvalue weighted by Crippen LogP contribution is -2.27. The quantitative estimate of drug-likeness (QED) is 0.870. The molecule has 0 aliphatic heterocycles. The van der Waals surface area contributed by atoms with Crippen molar-refractivity contribution >= 4 is 5.91 Å². The van der Waals surface area contributed by atoms with Crippen LogP contribution in [0.1, 0.15) is 32.9 Å². The van der Waals surface area contributed by atoms with Crippen LogP contribution in [0.4, 0.5) is 13.2 Å². The van der Waals surface area contributed by atoms with E-state index in [1.54, 1.807) is 20.9 Å². The van der Waals surface area contributed by atoms with Crippen LogP contribution in [0.3, 0.4) is 0 Å². The Kier molecular flexibility index (Phi) is 4.25. The summed E-state index contributed by atoms with van der Waals surface area (Å²) < 4.78 is 42.5. The van der Waals surface area contributed by atoms with E-state index >= 15 is 0 Å². The van der Waals surface area contributed by atoms with Gasteiger partial charge in [-0.05, 0) is 31.5 Å². The summed E-state index contributed by atoms with van der Waals surface area (Å²) in [4.78, 5) is 13.7. The number of aryl methyl sites for hydroxylation is 2.